The van der Waals surface area contributed by atoms with E-state index in [1.54, 1.807) is 24.3 Å². The molecule has 0 fully saturated rings. The highest BCUT2D eigenvalue weighted by molar-refractivity contribution is 9.10. The fraction of sp³-hybridized carbons (Fsp3) is 0.286. The molecule has 0 aliphatic heterocycles. The van der Waals surface area contributed by atoms with E-state index < -0.39 is 5.91 Å². The Morgan fingerprint density at radius 3 is 2.33 bits per heavy atom. The Morgan fingerprint density at radius 1 is 1.29 bits per heavy atom. The fourth-order valence-electron chi connectivity index (χ4n) is 1.55. The molecule has 0 aliphatic carbocycles. The minimum absolute atomic E-state index is 0.0974. The number of nitriles is 1. The van der Waals surface area contributed by atoms with Crippen LogP contribution in [-0.4, -0.2) is 47.3 Å². The van der Waals surface area contributed by atoms with Crippen LogP contribution in [0, 0.1) is 11.3 Å². The van der Waals surface area contributed by atoms with Crippen molar-refractivity contribution in [2.75, 3.05) is 31.6 Å². The number of hydrogen-bond donors (Lipinski definition) is 3. The number of aliphatic hydroxyl groups excluding tert-OH is 2. The third kappa shape index (κ3) is 5.95. The highest BCUT2D eigenvalue weighted by Gasteiger charge is 2.11. The van der Waals surface area contributed by atoms with Crippen molar-refractivity contribution in [2.24, 2.45) is 0 Å². The van der Waals surface area contributed by atoms with Crippen LogP contribution in [-0.2, 0) is 4.79 Å². The summed E-state index contributed by atoms with van der Waals surface area (Å²) in [6, 6.07) is 8.77. The van der Waals surface area contributed by atoms with Crippen molar-refractivity contribution in [1.82, 2.24) is 4.90 Å². The van der Waals surface area contributed by atoms with Gasteiger partial charge in [-0.2, -0.15) is 5.26 Å². The number of nitrogens with zero attached hydrogens (tertiary/aromatic N) is 2. The predicted molar refractivity (Wildman–Crippen MR) is 82.2 cm³/mol. The Kier molecular flexibility index (Phi) is 7.46. The molecule has 1 aromatic rings. The topological polar surface area (TPSA) is 96.6 Å². The molecule has 0 saturated heterocycles. The summed E-state index contributed by atoms with van der Waals surface area (Å²) in [4.78, 5) is 13.5. The van der Waals surface area contributed by atoms with Gasteiger partial charge in [-0.3, -0.25) is 4.79 Å². The third-order valence-corrected chi connectivity index (χ3v) is 3.08. The summed E-state index contributed by atoms with van der Waals surface area (Å²) in [7, 11) is 0. The first kappa shape index (κ1) is 17.2. The first-order valence-corrected chi connectivity index (χ1v) is 7.04. The number of rotatable bonds is 7. The molecular weight excluding hydrogens is 338 g/mol. The van der Waals surface area contributed by atoms with Crippen molar-refractivity contribution in [1.29, 1.82) is 5.26 Å². The van der Waals surface area contributed by atoms with Crippen molar-refractivity contribution >= 4 is 27.5 Å². The number of carbonyl (C=O) groups is 1. The van der Waals surface area contributed by atoms with Crippen molar-refractivity contribution < 1.29 is 15.0 Å². The molecule has 0 saturated carbocycles. The van der Waals surface area contributed by atoms with Crippen LogP contribution in [0.25, 0.3) is 0 Å². The van der Waals surface area contributed by atoms with E-state index >= 15 is 0 Å². The quantitative estimate of drug-likeness (QED) is 0.503. The average molecular weight is 354 g/mol. The second-order valence-corrected chi connectivity index (χ2v) is 5.01. The Labute approximate surface area is 131 Å². The summed E-state index contributed by atoms with van der Waals surface area (Å²) in [5, 5.41) is 29.5. The maximum absolute atomic E-state index is 12.0. The number of nitrogens with one attached hydrogen (secondary N) is 1. The smallest absolute Gasteiger partial charge is 0.267 e. The average Bonchev–Trinajstić information content (AvgIpc) is 2.47. The molecule has 1 rings (SSSR count). The van der Waals surface area contributed by atoms with Gasteiger partial charge < -0.3 is 20.4 Å². The zero-order valence-electron chi connectivity index (χ0n) is 11.3. The second kappa shape index (κ2) is 9.13. The summed E-state index contributed by atoms with van der Waals surface area (Å²) < 4.78 is 0.883. The molecule has 7 heteroatoms. The van der Waals surface area contributed by atoms with E-state index in [2.05, 4.69) is 21.2 Å². The monoisotopic (exact) mass is 353 g/mol. The Hall–Kier alpha value is -1.88. The molecule has 0 bridgehead atoms. The third-order valence-electron chi connectivity index (χ3n) is 2.55. The van der Waals surface area contributed by atoms with E-state index in [1.165, 1.54) is 11.1 Å². The first-order valence-electron chi connectivity index (χ1n) is 6.25. The van der Waals surface area contributed by atoms with Gasteiger partial charge in [0.25, 0.3) is 5.91 Å². The minimum atomic E-state index is -0.541. The molecule has 1 amide bonds. The Bertz CT molecular complexity index is 531. The highest BCUT2D eigenvalue weighted by Crippen LogP contribution is 2.14. The first-order chi connectivity index (χ1) is 10.1. The molecule has 0 heterocycles. The lowest BCUT2D eigenvalue weighted by molar-refractivity contribution is -0.112. The van der Waals surface area contributed by atoms with Gasteiger partial charge >= 0.3 is 0 Å². The molecule has 0 aromatic heterocycles. The van der Waals surface area contributed by atoms with Crippen LogP contribution in [0.15, 0.2) is 40.5 Å². The van der Waals surface area contributed by atoms with Crippen LogP contribution in [0.4, 0.5) is 5.69 Å². The highest BCUT2D eigenvalue weighted by atomic mass is 79.9. The van der Waals surface area contributed by atoms with E-state index in [-0.39, 0.29) is 31.9 Å². The number of hydrogen-bond acceptors (Lipinski definition) is 5. The van der Waals surface area contributed by atoms with Gasteiger partial charge in [0.1, 0.15) is 11.6 Å². The predicted octanol–water partition coefficient (Wildman–Crippen LogP) is 1.08. The van der Waals surface area contributed by atoms with Gasteiger partial charge in [0.2, 0.25) is 0 Å². The lowest BCUT2D eigenvalue weighted by atomic mass is 10.2. The second-order valence-electron chi connectivity index (χ2n) is 4.10. The lowest BCUT2D eigenvalue weighted by Crippen LogP contribution is -2.26. The zero-order valence-corrected chi connectivity index (χ0v) is 12.9. The van der Waals surface area contributed by atoms with Gasteiger partial charge in [0.15, 0.2) is 0 Å². The summed E-state index contributed by atoms with van der Waals surface area (Å²) in [6.07, 6.45) is 1.33. The van der Waals surface area contributed by atoms with Crippen LogP contribution in [0.2, 0.25) is 0 Å². The van der Waals surface area contributed by atoms with Crippen LogP contribution >= 0.6 is 15.9 Å². The number of anilines is 1. The molecule has 0 atom stereocenters. The van der Waals surface area contributed by atoms with E-state index in [9.17, 15) is 4.79 Å². The number of aliphatic hydroxyl groups is 2. The van der Waals surface area contributed by atoms with Gasteiger partial charge in [-0.1, -0.05) is 15.9 Å². The minimum Gasteiger partial charge on any atom is -0.395 e. The molecule has 0 aliphatic rings. The molecule has 3 N–H and O–H groups in total. The SMILES string of the molecule is N#C/C(=C/N(CCO)CCO)C(=O)Nc1ccc(Br)cc1. The molecule has 0 radical (unpaired) electrons. The summed E-state index contributed by atoms with van der Waals surface area (Å²) >= 11 is 3.29. The molecule has 21 heavy (non-hydrogen) atoms. The van der Waals surface area contributed by atoms with Gasteiger partial charge in [-0.05, 0) is 24.3 Å². The fourth-order valence-corrected chi connectivity index (χ4v) is 1.81. The number of halogens is 1. The summed E-state index contributed by atoms with van der Waals surface area (Å²) in [6.45, 7) is 0.196. The van der Waals surface area contributed by atoms with E-state index in [0.717, 1.165) is 4.47 Å². The number of benzene rings is 1. The lowest BCUT2D eigenvalue weighted by Gasteiger charge is -2.18. The molecule has 0 unspecified atom stereocenters. The van der Waals surface area contributed by atoms with Crippen LogP contribution in [0.1, 0.15) is 0 Å². The van der Waals surface area contributed by atoms with Gasteiger partial charge in [0, 0.05) is 29.4 Å². The summed E-state index contributed by atoms with van der Waals surface area (Å²) in [5.41, 5.74) is 0.472. The van der Waals surface area contributed by atoms with Crippen molar-refractivity contribution in [2.45, 2.75) is 0 Å². The molecule has 1 aromatic carbocycles. The number of carbonyl (C=O) groups excluding carboxylic acids is 1. The Morgan fingerprint density at radius 2 is 1.86 bits per heavy atom. The maximum atomic E-state index is 12.0. The molecule has 6 nitrogen and oxygen atoms in total. The van der Waals surface area contributed by atoms with E-state index in [1.807, 2.05) is 6.07 Å². The summed E-state index contributed by atoms with van der Waals surface area (Å²) in [5.74, 6) is -0.541. The molecule has 112 valence electrons. The maximum Gasteiger partial charge on any atom is 0.267 e. The van der Waals surface area contributed by atoms with Gasteiger partial charge in [-0.15, -0.1) is 0 Å². The Balaban J connectivity index is 2.80. The molecule has 0 spiro atoms. The van der Waals surface area contributed by atoms with E-state index in [4.69, 9.17) is 15.5 Å². The molecular formula is C14H16BrN3O3. The van der Waals surface area contributed by atoms with Crippen molar-refractivity contribution in [3.05, 3.63) is 40.5 Å². The normalized spacial score (nSPS) is 10.9. The van der Waals surface area contributed by atoms with Crippen molar-refractivity contribution in [3.63, 3.8) is 0 Å². The standard InChI is InChI=1S/C14H16BrN3O3/c15-12-1-3-13(4-2-12)17-14(21)11(9-16)10-18(5-7-19)6-8-20/h1-4,10,19-20H,5-8H2,(H,17,21)/b11-10-. The van der Waals surface area contributed by atoms with Crippen molar-refractivity contribution in [3.8, 4) is 6.07 Å². The van der Waals surface area contributed by atoms with Crippen LogP contribution in [0.5, 0.6) is 0 Å². The zero-order chi connectivity index (χ0) is 15.7. The van der Waals surface area contributed by atoms with Gasteiger partial charge in [-0.25, -0.2) is 0 Å². The largest absolute Gasteiger partial charge is 0.395 e. The van der Waals surface area contributed by atoms with Crippen LogP contribution < -0.4 is 5.32 Å². The van der Waals surface area contributed by atoms with E-state index in [0.29, 0.717) is 5.69 Å². The number of amides is 1. The van der Waals surface area contributed by atoms with Crippen LogP contribution in [0.3, 0.4) is 0 Å². The van der Waals surface area contributed by atoms with Gasteiger partial charge in [0.05, 0.1) is 13.2 Å².